The summed E-state index contributed by atoms with van der Waals surface area (Å²) in [6.45, 7) is 5.15. The summed E-state index contributed by atoms with van der Waals surface area (Å²) in [5, 5.41) is 7.35. The van der Waals surface area contributed by atoms with Gasteiger partial charge in [-0.3, -0.25) is 4.79 Å². The van der Waals surface area contributed by atoms with Crippen LogP contribution in [-0.4, -0.2) is 23.7 Å². The number of hydrogen-bond donors (Lipinski definition) is 3. The van der Waals surface area contributed by atoms with Crippen molar-refractivity contribution < 1.29 is 9.53 Å². The lowest BCUT2D eigenvalue weighted by molar-refractivity contribution is 0.0991. The zero-order chi connectivity index (χ0) is 14.0. The maximum absolute atomic E-state index is 11.6. The Morgan fingerprint density at radius 3 is 2.89 bits per heavy atom. The zero-order valence-corrected chi connectivity index (χ0v) is 12.5. The number of primary amides is 1. The molecule has 0 spiro atoms. The first kappa shape index (κ1) is 14.2. The maximum Gasteiger partial charge on any atom is 0.251 e. The normalized spacial score (nSPS) is 14.1. The van der Waals surface area contributed by atoms with Crippen LogP contribution in [0.25, 0.3) is 0 Å². The molecule has 4 N–H and O–H groups in total. The molecule has 1 amide bonds. The van der Waals surface area contributed by atoms with Crippen LogP contribution < -0.4 is 16.4 Å². The number of carbonyl (C=O) groups is 1. The predicted octanol–water partition coefficient (Wildman–Crippen LogP) is 1.61. The number of anilines is 1. The van der Waals surface area contributed by atoms with Crippen LogP contribution in [0.1, 0.15) is 34.6 Å². The number of rotatable bonds is 3. The van der Waals surface area contributed by atoms with Crippen molar-refractivity contribution >= 4 is 39.6 Å². The van der Waals surface area contributed by atoms with Crippen LogP contribution >= 0.6 is 23.6 Å². The fourth-order valence-electron chi connectivity index (χ4n) is 1.98. The zero-order valence-electron chi connectivity index (χ0n) is 10.9. The summed E-state index contributed by atoms with van der Waals surface area (Å²) in [5.74, 6) is -0.422. The molecule has 0 saturated carbocycles. The molecular weight excluding hydrogens is 282 g/mol. The van der Waals surface area contributed by atoms with Crippen LogP contribution in [0.4, 0.5) is 5.00 Å². The van der Waals surface area contributed by atoms with Crippen molar-refractivity contribution in [3.8, 4) is 0 Å². The summed E-state index contributed by atoms with van der Waals surface area (Å²) >= 11 is 6.68. The number of nitrogens with one attached hydrogen (secondary N) is 2. The third-order valence-corrected chi connectivity index (χ3v) is 4.05. The van der Waals surface area contributed by atoms with E-state index < -0.39 is 5.91 Å². The highest BCUT2D eigenvalue weighted by Gasteiger charge is 2.24. The summed E-state index contributed by atoms with van der Waals surface area (Å²) in [7, 11) is 0. The smallest absolute Gasteiger partial charge is 0.251 e. The van der Waals surface area contributed by atoms with Gasteiger partial charge in [-0.25, -0.2) is 0 Å². The quantitative estimate of drug-likeness (QED) is 0.739. The molecule has 5 nitrogen and oxygen atoms in total. The Kier molecular flexibility index (Phi) is 4.38. The third kappa shape index (κ3) is 3.23. The number of ether oxygens (including phenoxy) is 1. The second-order valence-corrected chi connectivity index (χ2v) is 6.14. The van der Waals surface area contributed by atoms with E-state index in [1.54, 1.807) is 0 Å². The van der Waals surface area contributed by atoms with Gasteiger partial charge in [0.25, 0.3) is 5.91 Å². The predicted molar refractivity (Wildman–Crippen MR) is 80.7 cm³/mol. The minimum atomic E-state index is -0.422. The Labute approximate surface area is 121 Å². The molecule has 1 aromatic rings. The molecule has 0 atom stereocenters. The van der Waals surface area contributed by atoms with Gasteiger partial charge in [-0.05, 0) is 38.0 Å². The molecule has 2 rings (SSSR count). The number of nitrogens with two attached hydrogens (primary N) is 1. The van der Waals surface area contributed by atoms with Gasteiger partial charge in [-0.1, -0.05) is 0 Å². The van der Waals surface area contributed by atoms with Gasteiger partial charge in [0, 0.05) is 10.9 Å². The van der Waals surface area contributed by atoms with E-state index in [4.69, 9.17) is 22.7 Å². The largest absolute Gasteiger partial charge is 0.376 e. The van der Waals surface area contributed by atoms with Crippen LogP contribution in [0, 0.1) is 0 Å². The SMILES string of the molecule is CC(C)NC(=S)Nc1sc2c(c1C(N)=O)CCOC2. The van der Waals surface area contributed by atoms with Crippen molar-refractivity contribution in [1.82, 2.24) is 5.32 Å². The van der Waals surface area contributed by atoms with Crippen molar-refractivity contribution in [2.24, 2.45) is 5.73 Å². The molecule has 2 heterocycles. The fourth-order valence-corrected chi connectivity index (χ4v) is 3.58. The van der Waals surface area contributed by atoms with Gasteiger partial charge in [0.05, 0.1) is 18.8 Å². The lowest BCUT2D eigenvalue weighted by Crippen LogP contribution is -2.34. The maximum atomic E-state index is 11.6. The Hall–Kier alpha value is -1.18. The van der Waals surface area contributed by atoms with Crippen LogP contribution in [-0.2, 0) is 17.8 Å². The lowest BCUT2D eigenvalue weighted by Gasteiger charge is -2.13. The van der Waals surface area contributed by atoms with E-state index in [1.165, 1.54) is 11.3 Å². The van der Waals surface area contributed by atoms with Crippen LogP contribution in [0.15, 0.2) is 0 Å². The van der Waals surface area contributed by atoms with E-state index in [0.717, 1.165) is 16.9 Å². The summed E-state index contributed by atoms with van der Waals surface area (Å²) < 4.78 is 5.40. The van der Waals surface area contributed by atoms with Crippen LogP contribution in [0.2, 0.25) is 0 Å². The summed E-state index contributed by atoms with van der Waals surface area (Å²) in [4.78, 5) is 12.7. The molecule has 0 aromatic carbocycles. The first-order valence-electron chi connectivity index (χ1n) is 6.08. The van der Waals surface area contributed by atoms with E-state index in [2.05, 4.69) is 10.6 Å². The van der Waals surface area contributed by atoms with Gasteiger partial charge in [0.15, 0.2) is 5.11 Å². The van der Waals surface area contributed by atoms with E-state index in [9.17, 15) is 4.79 Å². The van der Waals surface area contributed by atoms with Gasteiger partial charge < -0.3 is 21.1 Å². The highest BCUT2D eigenvalue weighted by Crippen LogP contribution is 2.36. The lowest BCUT2D eigenvalue weighted by atomic mass is 10.1. The molecular formula is C12H17N3O2S2. The van der Waals surface area contributed by atoms with Crippen molar-refractivity contribution in [1.29, 1.82) is 0 Å². The number of thiocarbonyl (C=S) groups is 1. The molecule has 19 heavy (non-hydrogen) atoms. The van der Waals surface area contributed by atoms with Gasteiger partial charge in [0.1, 0.15) is 5.00 Å². The number of fused-ring (bicyclic) bond motifs is 1. The molecule has 0 unspecified atom stereocenters. The van der Waals surface area contributed by atoms with Crippen molar-refractivity contribution in [3.05, 3.63) is 16.0 Å². The minimum Gasteiger partial charge on any atom is -0.376 e. The number of thiophene rings is 1. The molecule has 1 aliphatic heterocycles. The summed E-state index contributed by atoms with van der Waals surface area (Å²) in [6.07, 6.45) is 0.718. The second-order valence-electron chi connectivity index (χ2n) is 4.63. The van der Waals surface area contributed by atoms with Crippen molar-refractivity contribution in [3.63, 3.8) is 0 Å². The van der Waals surface area contributed by atoms with Gasteiger partial charge in [-0.2, -0.15) is 0 Å². The van der Waals surface area contributed by atoms with E-state index in [-0.39, 0.29) is 6.04 Å². The monoisotopic (exact) mass is 299 g/mol. The first-order valence-corrected chi connectivity index (χ1v) is 7.31. The summed E-state index contributed by atoms with van der Waals surface area (Å²) in [6, 6.07) is 0.231. The number of hydrogen-bond acceptors (Lipinski definition) is 4. The molecule has 104 valence electrons. The summed E-state index contributed by atoms with van der Waals surface area (Å²) in [5.41, 5.74) is 7.03. The highest BCUT2D eigenvalue weighted by atomic mass is 32.1. The Bertz CT molecular complexity index is 511. The minimum absolute atomic E-state index is 0.231. The van der Waals surface area contributed by atoms with Crippen LogP contribution in [0.5, 0.6) is 0 Å². The second kappa shape index (κ2) is 5.85. The number of amides is 1. The van der Waals surface area contributed by atoms with Crippen LogP contribution in [0.3, 0.4) is 0 Å². The standard InChI is InChI=1S/C12H17N3O2S2/c1-6(2)14-12(18)15-11-9(10(13)16)7-3-4-17-5-8(7)19-11/h6H,3-5H2,1-2H3,(H2,13,16)(H2,14,15,18). The molecule has 0 fully saturated rings. The van der Waals surface area contributed by atoms with Gasteiger partial charge in [-0.15, -0.1) is 11.3 Å². The van der Waals surface area contributed by atoms with Crippen molar-refractivity contribution in [2.75, 3.05) is 11.9 Å². The van der Waals surface area contributed by atoms with Crippen molar-refractivity contribution in [2.45, 2.75) is 32.9 Å². The van der Waals surface area contributed by atoms with E-state index in [0.29, 0.717) is 28.9 Å². The molecule has 0 bridgehead atoms. The Balaban J connectivity index is 2.27. The molecule has 1 aliphatic rings. The third-order valence-electron chi connectivity index (χ3n) is 2.71. The highest BCUT2D eigenvalue weighted by molar-refractivity contribution is 7.80. The van der Waals surface area contributed by atoms with Gasteiger partial charge >= 0.3 is 0 Å². The van der Waals surface area contributed by atoms with E-state index >= 15 is 0 Å². The Morgan fingerprint density at radius 2 is 2.26 bits per heavy atom. The molecule has 0 aliphatic carbocycles. The Morgan fingerprint density at radius 1 is 1.53 bits per heavy atom. The average Bonchev–Trinajstić information content (AvgIpc) is 2.64. The molecule has 0 saturated heterocycles. The molecule has 7 heteroatoms. The molecule has 0 radical (unpaired) electrons. The van der Waals surface area contributed by atoms with Gasteiger partial charge in [0.2, 0.25) is 0 Å². The topological polar surface area (TPSA) is 76.4 Å². The van der Waals surface area contributed by atoms with E-state index in [1.807, 2.05) is 13.8 Å². The molecule has 1 aromatic heterocycles. The number of carbonyl (C=O) groups excluding carboxylic acids is 1. The average molecular weight is 299 g/mol. The first-order chi connectivity index (χ1) is 8.99. The fraction of sp³-hybridized carbons (Fsp3) is 0.500.